The minimum absolute atomic E-state index is 0.0834. The Morgan fingerprint density at radius 3 is 2.28 bits per heavy atom. The van der Waals surface area contributed by atoms with Crippen LogP contribution in [0.5, 0.6) is 5.75 Å². The van der Waals surface area contributed by atoms with Crippen LogP contribution in [0.2, 0.25) is 5.02 Å². The molecule has 36 heavy (non-hydrogen) atoms. The highest BCUT2D eigenvalue weighted by atomic mass is 35.5. The second-order valence-electron chi connectivity index (χ2n) is 9.01. The van der Waals surface area contributed by atoms with Gasteiger partial charge in [-0.3, -0.25) is 14.5 Å². The molecule has 194 valence electrons. The molecule has 2 amide bonds. The first-order chi connectivity index (χ1) is 17.0. The van der Waals surface area contributed by atoms with E-state index in [-0.39, 0.29) is 36.2 Å². The van der Waals surface area contributed by atoms with Crippen molar-refractivity contribution in [3.05, 3.63) is 64.7 Å². The van der Waals surface area contributed by atoms with E-state index >= 15 is 0 Å². The van der Waals surface area contributed by atoms with Gasteiger partial charge in [0.15, 0.2) is 0 Å². The summed E-state index contributed by atoms with van der Waals surface area (Å²) in [5.41, 5.74) is -3.71. The largest absolute Gasteiger partial charge is 0.488 e. The number of amides is 2. The average Bonchev–Trinajstić information content (AvgIpc) is 2.84. The molecule has 1 unspecified atom stereocenters. The molecule has 0 aliphatic carbocycles. The van der Waals surface area contributed by atoms with Crippen LogP contribution >= 0.6 is 11.6 Å². The highest BCUT2D eigenvalue weighted by Crippen LogP contribution is 2.41. The second kappa shape index (κ2) is 10.3. The molecule has 2 fully saturated rings. The molecule has 2 aromatic rings. The van der Waals surface area contributed by atoms with Crippen molar-refractivity contribution in [2.24, 2.45) is 0 Å². The molecule has 7 nitrogen and oxygen atoms in total. The number of benzene rings is 2. The summed E-state index contributed by atoms with van der Waals surface area (Å²) in [5, 5.41) is 13.4. The third-order valence-electron chi connectivity index (χ3n) is 6.77. The summed E-state index contributed by atoms with van der Waals surface area (Å²) >= 11 is 6.16. The van der Waals surface area contributed by atoms with Gasteiger partial charge in [0, 0.05) is 44.8 Å². The highest BCUT2D eigenvalue weighted by Gasteiger charge is 2.62. The van der Waals surface area contributed by atoms with Gasteiger partial charge in [-0.2, -0.15) is 13.2 Å². The van der Waals surface area contributed by atoms with Crippen molar-refractivity contribution >= 4 is 23.4 Å². The second-order valence-corrected chi connectivity index (χ2v) is 9.42. The van der Waals surface area contributed by atoms with Crippen LogP contribution in [-0.2, 0) is 10.4 Å². The maximum absolute atomic E-state index is 13.8. The molecule has 11 heteroatoms. The summed E-state index contributed by atoms with van der Waals surface area (Å²) in [6.07, 6.45) is -4.24. The number of rotatable bonds is 6. The normalized spacial score (nSPS) is 19.3. The number of ether oxygens (including phenoxy) is 1. The molecular formula is C25H27ClF3N3O4. The first kappa shape index (κ1) is 26.2. The lowest BCUT2D eigenvalue weighted by Gasteiger charge is -2.47. The summed E-state index contributed by atoms with van der Waals surface area (Å²) in [4.78, 5) is 27.9. The molecule has 1 atom stereocenters. The Labute approximate surface area is 211 Å². The first-order valence-corrected chi connectivity index (χ1v) is 12.0. The third-order valence-corrected chi connectivity index (χ3v) is 7.08. The average molecular weight is 526 g/mol. The van der Waals surface area contributed by atoms with Crippen molar-refractivity contribution in [1.82, 2.24) is 15.1 Å². The minimum atomic E-state index is -5.15. The van der Waals surface area contributed by atoms with E-state index in [4.69, 9.17) is 16.3 Å². The number of hydrogen-bond donors (Lipinski definition) is 2. The van der Waals surface area contributed by atoms with Crippen LogP contribution < -0.4 is 10.1 Å². The minimum Gasteiger partial charge on any atom is -0.488 e. The van der Waals surface area contributed by atoms with Crippen LogP contribution in [0, 0.1) is 0 Å². The van der Waals surface area contributed by atoms with Gasteiger partial charge in [0.05, 0.1) is 10.6 Å². The van der Waals surface area contributed by atoms with Crippen LogP contribution in [0.3, 0.4) is 0 Å². The summed E-state index contributed by atoms with van der Waals surface area (Å²) in [6, 6.07) is 11.4. The van der Waals surface area contributed by atoms with Gasteiger partial charge in [-0.15, -0.1) is 0 Å². The van der Waals surface area contributed by atoms with Gasteiger partial charge < -0.3 is 20.1 Å². The molecule has 4 rings (SSSR count). The first-order valence-electron chi connectivity index (χ1n) is 11.6. The zero-order chi connectivity index (χ0) is 26.1. The topological polar surface area (TPSA) is 82.1 Å². The zero-order valence-corrected chi connectivity index (χ0v) is 20.4. The SMILES string of the molecule is CNC(=O)c1ccc(OC2CN(C3CCN(C(=O)C(O)(c4ccccc4)C(F)(F)F)CC3)C2)cc1Cl. The Hall–Kier alpha value is -2.82. The van der Waals surface area contributed by atoms with E-state index in [1.807, 2.05) is 0 Å². The third kappa shape index (κ3) is 5.02. The van der Waals surface area contributed by atoms with E-state index in [2.05, 4.69) is 10.2 Å². The smallest absolute Gasteiger partial charge is 0.430 e. The van der Waals surface area contributed by atoms with Crippen molar-refractivity contribution in [3.8, 4) is 5.75 Å². The molecule has 2 heterocycles. The van der Waals surface area contributed by atoms with Gasteiger partial charge in [-0.1, -0.05) is 41.9 Å². The van der Waals surface area contributed by atoms with Crippen LogP contribution in [0.1, 0.15) is 28.8 Å². The summed E-state index contributed by atoms with van der Waals surface area (Å²) in [5.74, 6) is -1.09. The van der Waals surface area contributed by atoms with Crippen molar-refractivity contribution in [2.75, 3.05) is 33.2 Å². The fourth-order valence-corrected chi connectivity index (χ4v) is 4.93. The molecule has 2 N–H and O–H groups in total. The molecule has 0 bridgehead atoms. The van der Waals surface area contributed by atoms with Crippen LogP contribution in [0.4, 0.5) is 13.2 Å². The van der Waals surface area contributed by atoms with Gasteiger partial charge in [0.25, 0.3) is 17.4 Å². The fourth-order valence-electron chi connectivity index (χ4n) is 4.67. The van der Waals surface area contributed by atoms with E-state index in [9.17, 15) is 27.9 Å². The van der Waals surface area contributed by atoms with Gasteiger partial charge >= 0.3 is 6.18 Å². The number of piperidine rings is 1. The number of hydrogen-bond acceptors (Lipinski definition) is 5. The number of carbonyl (C=O) groups is 2. The number of likely N-dealkylation sites (tertiary alicyclic amines) is 2. The summed E-state index contributed by atoms with van der Waals surface area (Å²) in [6.45, 7) is 1.49. The fraction of sp³-hybridized carbons (Fsp3) is 0.440. The predicted octanol–water partition coefficient (Wildman–Crippen LogP) is 3.20. The Balaban J connectivity index is 1.30. The number of nitrogens with zero attached hydrogens (tertiary/aromatic N) is 2. The number of alkyl halides is 3. The number of carbonyl (C=O) groups excluding carboxylic acids is 2. The summed E-state index contributed by atoms with van der Waals surface area (Å²) < 4.78 is 47.5. The molecule has 2 saturated heterocycles. The van der Waals surface area contributed by atoms with E-state index in [1.54, 1.807) is 18.2 Å². The maximum Gasteiger partial charge on any atom is 0.430 e. The number of aliphatic hydroxyl groups is 1. The van der Waals surface area contributed by atoms with E-state index < -0.39 is 23.2 Å². The lowest BCUT2D eigenvalue weighted by molar-refractivity contribution is -0.262. The number of nitrogens with one attached hydrogen (secondary N) is 1. The van der Waals surface area contributed by atoms with Crippen molar-refractivity contribution in [1.29, 1.82) is 0 Å². The Bertz CT molecular complexity index is 1100. The van der Waals surface area contributed by atoms with Gasteiger partial charge in [0.2, 0.25) is 0 Å². The molecule has 2 aliphatic rings. The van der Waals surface area contributed by atoms with Crippen LogP contribution in [0.15, 0.2) is 48.5 Å². The lowest BCUT2D eigenvalue weighted by Crippen LogP contribution is -2.62. The molecule has 2 aliphatic heterocycles. The van der Waals surface area contributed by atoms with Crippen LogP contribution in [0.25, 0.3) is 0 Å². The molecule has 0 radical (unpaired) electrons. The molecular weight excluding hydrogens is 499 g/mol. The van der Waals surface area contributed by atoms with Gasteiger partial charge in [-0.05, 0) is 31.0 Å². The number of halogens is 4. The standard InChI is InChI=1S/C25H27ClF3N3O4/c1-30-22(33)20-8-7-18(13-21(20)26)36-19-14-32(15-19)17-9-11-31(12-10-17)23(34)24(35,25(27,28)29)16-5-3-2-4-6-16/h2-8,13,17,19,35H,9-12,14-15H2,1H3,(H,30,33). The van der Waals surface area contributed by atoms with E-state index in [0.29, 0.717) is 37.2 Å². The van der Waals surface area contributed by atoms with E-state index in [0.717, 1.165) is 17.0 Å². The monoisotopic (exact) mass is 525 g/mol. The predicted molar refractivity (Wildman–Crippen MR) is 127 cm³/mol. The van der Waals surface area contributed by atoms with Crippen molar-refractivity contribution in [2.45, 2.75) is 36.8 Å². The zero-order valence-electron chi connectivity index (χ0n) is 19.6. The molecule has 0 saturated carbocycles. The van der Waals surface area contributed by atoms with Crippen molar-refractivity contribution < 1.29 is 32.6 Å². The van der Waals surface area contributed by atoms with Crippen molar-refractivity contribution in [3.63, 3.8) is 0 Å². The summed E-state index contributed by atoms with van der Waals surface area (Å²) in [7, 11) is 1.52. The van der Waals surface area contributed by atoms with Gasteiger partial charge in [0.1, 0.15) is 11.9 Å². The van der Waals surface area contributed by atoms with E-state index in [1.165, 1.54) is 25.2 Å². The van der Waals surface area contributed by atoms with Gasteiger partial charge in [-0.25, -0.2) is 0 Å². The molecule has 2 aromatic carbocycles. The molecule has 0 aromatic heterocycles. The maximum atomic E-state index is 13.8. The molecule has 0 spiro atoms. The Morgan fingerprint density at radius 2 is 1.72 bits per heavy atom. The quantitative estimate of drug-likeness (QED) is 0.605. The highest BCUT2D eigenvalue weighted by molar-refractivity contribution is 6.34. The Morgan fingerprint density at radius 1 is 1.08 bits per heavy atom. The Kier molecular flexibility index (Phi) is 7.49. The van der Waals surface area contributed by atoms with Crippen LogP contribution in [-0.4, -0.2) is 78.3 Å². The lowest BCUT2D eigenvalue weighted by atomic mass is 9.90.